The molecule has 0 bridgehead atoms. The van der Waals surface area contributed by atoms with E-state index < -0.39 is 0 Å². The van der Waals surface area contributed by atoms with E-state index in [1.807, 2.05) is 0 Å². The Hall–Kier alpha value is 0.760. The molecule has 2 heteroatoms. The number of alkyl halides is 2. The Morgan fingerprint density at radius 2 is 2.33 bits per heavy atom. The Morgan fingerprint density at radius 3 is 2.78 bits per heavy atom. The van der Waals surface area contributed by atoms with Crippen molar-refractivity contribution < 1.29 is 0 Å². The summed E-state index contributed by atoms with van der Waals surface area (Å²) in [5.74, 6) is 0. The summed E-state index contributed by atoms with van der Waals surface area (Å²) in [5, 5.41) is 0.251. The van der Waals surface area contributed by atoms with Gasteiger partial charge in [-0.15, -0.1) is 11.6 Å². The van der Waals surface area contributed by atoms with Crippen LogP contribution in [0.4, 0.5) is 0 Å². The van der Waals surface area contributed by atoms with Crippen LogP contribution in [0, 0.1) is 0 Å². The molecule has 0 aromatic heterocycles. The quantitative estimate of drug-likeness (QED) is 0.355. The number of allylic oxidation sites excluding steroid dienone is 1. The zero-order valence-electron chi connectivity index (χ0n) is 5.24. The molecule has 0 heterocycles. The van der Waals surface area contributed by atoms with Gasteiger partial charge in [0.05, 0.1) is 5.38 Å². The van der Waals surface area contributed by atoms with Crippen LogP contribution in [0.5, 0.6) is 0 Å². The third kappa shape index (κ3) is 2.11. The van der Waals surface area contributed by atoms with Crippen molar-refractivity contribution >= 4 is 34.2 Å². The van der Waals surface area contributed by atoms with E-state index in [4.69, 9.17) is 11.6 Å². The molecule has 0 amide bonds. The summed E-state index contributed by atoms with van der Waals surface area (Å²) in [4.78, 5) is 0. The van der Waals surface area contributed by atoms with Crippen LogP contribution in [-0.4, -0.2) is 9.30 Å². The second-order valence-electron chi connectivity index (χ2n) is 2.50. The van der Waals surface area contributed by atoms with Crippen molar-refractivity contribution in [1.82, 2.24) is 0 Å². The molecule has 1 aliphatic rings. The molecule has 9 heavy (non-hydrogen) atoms. The molecule has 0 aliphatic heterocycles. The van der Waals surface area contributed by atoms with Gasteiger partial charge in [0.15, 0.2) is 0 Å². The van der Waals surface area contributed by atoms with Crippen molar-refractivity contribution in [3.8, 4) is 0 Å². The van der Waals surface area contributed by atoms with Gasteiger partial charge in [-0.25, -0.2) is 0 Å². The first kappa shape index (κ1) is 7.86. The van der Waals surface area contributed by atoms with Gasteiger partial charge in [-0.3, -0.25) is 0 Å². The van der Waals surface area contributed by atoms with Crippen molar-refractivity contribution in [3.63, 3.8) is 0 Å². The fourth-order valence-electron chi connectivity index (χ4n) is 1.01. The van der Waals surface area contributed by atoms with Crippen molar-refractivity contribution in [3.05, 3.63) is 12.2 Å². The van der Waals surface area contributed by atoms with Crippen LogP contribution in [0.15, 0.2) is 12.2 Å². The van der Waals surface area contributed by atoms with E-state index in [0.29, 0.717) is 0 Å². The van der Waals surface area contributed by atoms with E-state index in [9.17, 15) is 0 Å². The van der Waals surface area contributed by atoms with Crippen molar-refractivity contribution in [2.24, 2.45) is 0 Å². The molecular weight excluding hydrogens is 246 g/mol. The summed E-state index contributed by atoms with van der Waals surface area (Å²) in [6.07, 6.45) is 3.51. The summed E-state index contributed by atoms with van der Waals surface area (Å²) in [6, 6.07) is 0. The average Bonchev–Trinajstić information content (AvgIpc) is 1.80. The normalized spacial score (nSPS) is 36.9. The highest BCUT2D eigenvalue weighted by molar-refractivity contribution is 14.1. The molecule has 52 valence electrons. The molecule has 1 saturated carbocycles. The van der Waals surface area contributed by atoms with E-state index in [2.05, 4.69) is 29.2 Å². The monoisotopic (exact) mass is 256 g/mol. The first-order chi connectivity index (χ1) is 4.20. The Morgan fingerprint density at radius 1 is 1.67 bits per heavy atom. The van der Waals surface area contributed by atoms with E-state index in [0.717, 1.165) is 16.8 Å². The third-order valence-electron chi connectivity index (χ3n) is 1.68. The van der Waals surface area contributed by atoms with Gasteiger partial charge in [0.2, 0.25) is 0 Å². The molecule has 2 unspecified atom stereocenters. The molecule has 0 radical (unpaired) electrons. The van der Waals surface area contributed by atoms with E-state index in [-0.39, 0.29) is 5.38 Å². The second kappa shape index (κ2) is 3.24. The number of rotatable bonds is 0. The lowest BCUT2D eigenvalue weighted by Gasteiger charge is -2.22. The molecule has 0 saturated heterocycles. The molecular formula is C7H10ClI. The summed E-state index contributed by atoms with van der Waals surface area (Å²) < 4.78 is 0.774. The lowest BCUT2D eigenvalue weighted by atomic mass is 9.96. The Kier molecular flexibility index (Phi) is 2.83. The smallest absolute Gasteiger partial charge is 0.0552 e. The van der Waals surface area contributed by atoms with E-state index in [1.54, 1.807) is 0 Å². The number of halogens is 2. The van der Waals surface area contributed by atoms with Crippen molar-refractivity contribution in [1.29, 1.82) is 0 Å². The number of hydrogen-bond donors (Lipinski definition) is 0. The standard InChI is InChI=1S/C7H10ClI/c1-5-2-3-6(9)4-7(5)8/h6-7H,1-4H2. The zero-order chi connectivity index (χ0) is 6.85. The summed E-state index contributed by atoms with van der Waals surface area (Å²) in [6.45, 7) is 3.89. The van der Waals surface area contributed by atoms with Crippen LogP contribution in [0.25, 0.3) is 0 Å². The van der Waals surface area contributed by atoms with Gasteiger partial charge in [0.25, 0.3) is 0 Å². The molecule has 0 aromatic carbocycles. The highest BCUT2D eigenvalue weighted by Gasteiger charge is 2.20. The molecule has 1 aliphatic carbocycles. The van der Waals surface area contributed by atoms with Crippen LogP contribution >= 0.6 is 34.2 Å². The molecule has 1 rings (SSSR count). The third-order valence-corrected chi connectivity index (χ3v) is 3.30. The van der Waals surface area contributed by atoms with Gasteiger partial charge in [-0.2, -0.15) is 0 Å². The second-order valence-corrected chi connectivity index (χ2v) is 4.79. The van der Waals surface area contributed by atoms with Gasteiger partial charge in [0, 0.05) is 3.92 Å². The first-order valence-corrected chi connectivity index (χ1v) is 4.84. The summed E-state index contributed by atoms with van der Waals surface area (Å²) >= 11 is 8.41. The molecule has 0 N–H and O–H groups in total. The SMILES string of the molecule is C=C1CCC(I)CC1Cl. The van der Waals surface area contributed by atoms with Crippen LogP contribution < -0.4 is 0 Å². The van der Waals surface area contributed by atoms with Crippen LogP contribution in [-0.2, 0) is 0 Å². The summed E-state index contributed by atoms with van der Waals surface area (Å²) in [5.41, 5.74) is 1.23. The Bertz CT molecular complexity index is 122. The van der Waals surface area contributed by atoms with Gasteiger partial charge >= 0.3 is 0 Å². The molecule has 2 atom stereocenters. The lowest BCUT2D eigenvalue weighted by Crippen LogP contribution is -2.16. The molecule has 0 aromatic rings. The predicted octanol–water partition coefficient (Wildman–Crippen LogP) is 3.14. The van der Waals surface area contributed by atoms with E-state index in [1.165, 1.54) is 12.0 Å². The minimum atomic E-state index is 0.251. The van der Waals surface area contributed by atoms with E-state index >= 15 is 0 Å². The minimum absolute atomic E-state index is 0.251. The van der Waals surface area contributed by atoms with Crippen LogP contribution in [0.3, 0.4) is 0 Å². The Balaban J connectivity index is 2.44. The lowest BCUT2D eigenvalue weighted by molar-refractivity contribution is 0.639. The molecule has 0 nitrogen and oxygen atoms in total. The largest absolute Gasteiger partial charge is 0.118 e. The van der Waals surface area contributed by atoms with Crippen molar-refractivity contribution in [2.45, 2.75) is 28.6 Å². The zero-order valence-corrected chi connectivity index (χ0v) is 8.15. The average molecular weight is 257 g/mol. The maximum atomic E-state index is 5.96. The maximum absolute atomic E-state index is 5.96. The van der Waals surface area contributed by atoms with Crippen molar-refractivity contribution in [2.75, 3.05) is 0 Å². The minimum Gasteiger partial charge on any atom is -0.118 e. The Labute approximate surface area is 74.8 Å². The highest BCUT2D eigenvalue weighted by Crippen LogP contribution is 2.30. The van der Waals surface area contributed by atoms with Gasteiger partial charge in [-0.1, -0.05) is 34.7 Å². The molecule has 0 spiro atoms. The fraction of sp³-hybridized carbons (Fsp3) is 0.714. The van der Waals surface area contributed by atoms with Crippen LogP contribution in [0.1, 0.15) is 19.3 Å². The predicted molar refractivity (Wildman–Crippen MR) is 50.4 cm³/mol. The highest BCUT2D eigenvalue weighted by atomic mass is 127. The van der Waals surface area contributed by atoms with Gasteiger partial charge in [0.1, 0.15) is 0 Å². The number of hydrogen-bond acceptors (Lipinski definition) is 0. The molecule has 1 fully saturated rings. The van der Waals surface area contributed by atoms with Gasteiger partial charge in [-0.05, 0) is 19.3 Å². The fourth-order valence-corrected chi connectivity index (χ4v) is 2.45. The van der Waals surface area contributed by atoms with Crippen LogP contribution in [0.2, 0.25) is 0 Å². The first-order valence-electron chi connectivity index (χ1n) is 3.16. The van der Waals surface area contributed by atoms with Gasteiger partial charge < -0.3 is 0 Å². The maximum Gasteiger partial charge on any atom is 0.0552 e. The topological polar surface area (TPSA) is 0 Å². The summed E-state index contributed by atoms with van der Waals surface area (Å²) in [7, 11) is 0.